The van der Waals surface area contributed by atoms with Gasteiger partial charge in [-0.3, -0.25) is 4.79 Å². The van der Waals surface area contributed by atoms with E-state index in [-0.39, 0.29) is 17.4 Å². The summed E-state index contributed by atoms with van der Waals surface area (Å²) in [5.74, 6) is 0.700. The fourth-order valence-corrected chi connectivity index (χ4v) is 2.47. The van der Waals surface area contributed by atoms with Crippen LogP contribution in [0.25, 0.3) is 0 Å². The van der Waals surface area contributed by atoms with Crippen LogP contribution in [0.2, 0.25) is 0 Å². The zero-order valence-corrected chi connectivity index (χ0v) is 12.2. The number of hydrogen-bond donors (Lipinski definition) is 1. The Morgan fingerprint density at radius 1 is 1.50 bits per heavy atom. The number of carbonyl (C=O) groups excluding carboxylic acids is 1. The SMILES string of the molecule is COCCCC(N)C(=O)N1CCC(C(C)(C)C)C1. The van der Waals surface area contributed by atoms with Crippen LogP contribution in [0.5, 0.6) is 0 Å². The van der Waals surface area contributed by atoms with Crippen molar-refractivity contribution in [2.75, 3.05) is 26.8 Å². The average Bonchev–Trinajstić information content (AvgIpc) is 2.77. The van der Waals surface area contributed by atoms with Crippen LogP contribution in [-0.4, -0.2) is 43.7 Å². The van der Waals surface area contributed by atoms with Gasteiger partial charge in [-0.1, -0.05) is 20.8 Å². The first kappa shape index (κ1) is 15.4. The number of rotatable bonds is 5. The van der Waals surface area contributed by atoms with Crippen molar-refractivity contribution in [3.05, 3.63) is 0 Å². The van der Waals surface area contributed by atoms with Gasteiger partial charge in [0.15, 0.2) is 0 Å². The zero-order valence-electron chi connectivity index (χ0n) is 12.2. The Balaban J connectivity index is 2.39. The smallest absolute Gasteiger partial charge is 0.239 e. The topological polar surface area (TPSA) is 55.6 Å². The van der Waals surface area contributed by atoms with Gasteiger partial charge in [0.2, 0.25) is 5.91 Å². The fraction of sp³-hybridized carbons (Fsp3) is 0.929. The number of nitrogens with two attached hydrogens (primary N) is 1. The van der Waals surface area contributed by atoms with Gasteiger partial charge in [-0.15, -0.1) is 0 Å². The number of likely N-dealkylation sites (tertiary alicyclic amines) is 1. The summed E-state index contributed by atoms with van der Waals surface area (Å²) in [5, 5.41) is 0. The van der Waals surface area contributed by atoms with Gasteiger partial charge in [0.25, 0.3) is 0 Å². The van der Waals surface area contributed by atoms with Gasteiger partial charge in [-0.2, -0.15) is 0 Å². The molecule has 1 heterocycles. The molecular weight excluding hydrogens is 228 g/mol. The molecule has 4 heteroatoms. The maximum absolute atomic E-state index is 12.2. The highest BCUT2D eigenvalue weighted by atomic mass is 16.5. The monoisotopic (exact) mass is 256 g/mol. The summed E-state index contributed by atoms with van der Waals surface area (Å²) in [6, 6.07) is -0.362. The molecule has 0 radical (unpaired) electrons. The summed E-state index contributed by atoms with van der Waals surface area (Å²) in [6.45, 7) is 9.11. The molecule has 0 aromatic heterocycles. The molecule has 2 N–H and O–H groups in total. The van der Waals surface area contributed by atoms with E-state index in [4.69, 9.17) is 10.5 Å². The van der Waals surface area contributed by atoms with Crippen molar-refractivity contribution in [3.63, 3.8) is 0 Å². The predicted molar refractivity (Wildman–Crippen MR) is 73.2 cm³/mol. The largest absolute Gasteiger partial charge is 0.385 e. The molecule has 0 aliphatic carbocycles. The quantitative estimate of drug-likeness (QED) is 0.761. The Bertz CT molecular complexity index is 273. The van der Waals surface area contributed by atoms with Crippen LogP contribution in [-0.2, 0) is 9.53 Å². The van der Waals surface area contributed by atoms with E-state index in [1.54, 1.807) is 7.11 Å². The van der Waals surface area contributed by atoms with Gasteiger partial charge >= 0.3 is 0 Å². The Hall–Kier alpha value is -0.610. The Morgan fingerprint density at radius 3 is 2.67 bits per heavy atom. The highest BCUT2D eigenvalue weighted by molar-refractivity contribution is 5.81. The first-order chi connectivity index (χ1) is 8.36. The lowest BCUT2D eigenvalue weighted by atomic mass is 9.80. The number of amides is 1. The minimum Gasteiger partial charge on any atom is -0.385 e. The highest BCUT2D eigenvalue weighted by Gasteiger charge is 2.34. The number of nitrogens with zero attached hydrogens (tertiary/aromatic N) is 1. The van der Waals surface area contributed by atoms with Gasteiger partial charge in [0.05, 0.1) is 6.04 Å². The highest BCUT2D eigenvalue weighted by Crippen LogP contribution is 2.33. The molecule has 0 bridgehead atoms. The third-order valence-electron chi connectivity index (χ3n) is 3.91. The molecule has 18 heavy (non-hydrogen) atoms. The van der Waals surface area contributed by atoms with Crippen molar-refractivity contribution in [2.45, 2.75) is 46.1 Å². The molecule has 1 rings (SSSR count). The van der Waals surface area contributed by atoms with E-state index in [1.165, 1.54) is 0 Å². The lowest BCUT2D eigenvalue weighted by molar-refractivity contribution is -0.132. The second-order valence-corrected chi connectivity index (χ2v) is 6.38. The van der Waals surface area contributed by atoms with E-state index in [2.05, 4.69) is 20.8 Å². The Morgan fingerprint density at radius 2 is 2.17 bits per heavy atom. The molecule has 1 aliphatic heterocycles. The van der Waals surface area contributed by atoms with Crippen molar-refractivity contribution < 1.29 is 9.53 Å². The summed E-state index contributed by atoms with van der Waals surface area (Å²) in [4.78, 5) is 14.1. The number of hydrogen-bond acceptors (Lipinski definition) is 3. The molecule has 0 spiro atoms. The van der Waals surface area contributed by atoms with Crippen LogP contribution in [0, 0.1) is 11.3 Å². The lowest BCUT2D eigenvalue weighted by Gasteiger charge is -2.27. The number of carbonyl (C=O) groups is 1. The summed E-state index contributed by atoms with van der Waals surface area (Å²) in [6.07, 6.45) is 2.66. The first-order valence-electron chi connectivity index (χ1n) is 6.89. The van der Waals surface area contributed by atoms with E-state index < -0.39 is 0 Å². The van der Waals surface area contributed by atoms with Crippen LogP contribution in [0.15, 0.2) is 0 Å². The molecule has 0 aromatic rings. The summed E-state index contributed by atoms with van der Waals surface area (Å²) in [7, 11) is 1.67. The molecule has 0 aromatic carbocycles. The van der Waals surface area contributed by atoms with E-state index in [9.17, 15) is 4.79 Å². The van der Waals surface area contributed by atoms with Crippen molar-refractivity contribution in [1.82, 2.24) is 4.90 Å². The number of ether oxygens (including phenoxy) is 1. The fourth-order valence-electron chi connectivity index (χ4n) is 2.47. The first-order valence-corrected chi connectivity index (χ1v) is 6.89. The average molecular weight is 256 g/mol. The van der Waals surface area contributed by atoms with E-state index in [0.717, 1.165) is 25.9 Å². The maximum Gasteiger partial charge on any atom is 0.239 e. The normalized spacial score (nSPS) is 22.3. The molecule has 1 fully saturated rings. The van der Waals surface area contributed by atoms with Crippen molar-refractivity contribution in [3.8, 4) is 0 Å². The molecule has 1 saturated heterocycles. The third-order valence-corrected chi connectivity index (χ3v) is 3.91. The molecule has 0 saturated carbocycles. The molecule has 4 nitrogen and oxygen atoms in total. The third kappa shape index (κ3) is 4.25. The van der Waals surface area contributed by atoms with Crippen molar-refractivity contribution >= 4 is 5.91 Å². The minimum absolute atomic E-state index is 0.109. The van der Waals surface area contributed by atoms with Crippen LogP contribution in [0.3, 0.4) is 0 Å². The molecular formula is C14H28N2O2. The van der Waals surface area contributed by atoms with Gasteiger partial charge in [-0.25, -0.2) is 0 Å². The molecule has 2 unspecified atom stereocenters. The second kappa shape index (κ2) is 6.53. The lowest BCUT2D eigenvalue weighted by Crippen LogP contribution is -2.43. The van der Waals surface area contributed by atoms with E-state index >= 15 is 0 Å². The predicted octanol–water partition coefficient (Wildman–Crippen LogP) is 1.63. The van der Waals surface area contributed by atoms with Gasteiger partial charge in [0, 0.05) is 26.8 Å². The molecule has 1 aliphatic rings. The van der Waals surface area contributed by atoms with E-state index in [0.29, 0.717) is 18.9 Å². The van der Waals surface area contributed by atoms with Crippen LogP contribution < -0.4 is 5.73 Å². The van der Waals surface area contributed by atoms with Crippen LogP contribution in [0.4, 0.5) is 0 Å². The van der Waals surface area contributed by atoms with Crippen LogP contribution >= 0.6 is 0 Å². The van der Waals surface area contributed by atoms with E-state index in [1.807, 2.05) is 4.90 Å². The van der Waals surface area contributed by atoms with Crippen LogP contribution in [0.1, 0.15) is 40.0 Å². The number of methoxy groups -OCH3 is 1. The van der Waals surface area contributed by atoms with Crippen molar-refractivity contribution in [1.29, 1.82) is 0 Å². The van der Waals surface area contributed by atoms with Crippen molar-refractivity contribution in [2.24, 2.45) is 17.1 Å². The molecule has 2 atom stereocenters. The summed E-state index contributed by atoms with van der Waals surface area (Å²) < 4.78 is 4.98. The van der Waals surface area contributed by atoms with Gasteiger partial charge in [0.1, 0.15) is 0 Å². The zero-order chi connectivity index (χ0) is 13.8. The summed E-state index contributed by atoms with van der Waals surface area (Å²) >= 11 is 0. The van der Waals surface area contributed by atoms with Gasteiger partial charge in [-0.05, 0) is 30.6 Å². The Kier molecular flexibility index (Phi) is 5.60. The Labute approximate surface area is 111 Å². The van der Waals surface area contributed by atoms with Gasteiger partial charge < -0.3 is 15.4 Å². The second-order valence-electron chi connectivity index (χ2n) is 6.38. The standard InChI is InChI=1S/C14H28N2O2/c1-14(2,3)11-7-8-16(10-11)13(17)12(15)6-5-9-18-4/h11-12H,5-10,15H2,1-4H3. The minimum atomic E-state index is -0.362. The molecule has 1 amide bonds. The maximum atomic E-state index is 12.2. The molecule has 106 valence electrons. The summed E-state index contributed by atoms with van der Waals surface area (Å²) in [5.41, 5.74) is 6.22.